The molecule has 13 heteroatoms. The number of fused-ring (bicyclic) bond motifs is 1. The molecule has 4 heterocycles. The molecule has 0 bridgehead atoms. The number of hydrogen-bond donors (Lipinski definition) is 4. The van der Waals surface area contributed by atoms with Crippen LogP contribution >= 0.6 is 23.1 Å². The van der Waals surface area contributed by atoms with Gasteiger partial charge in [0.2, 0.25) is 11.8 Å². The average molecular weight is 498 g/mol. The van der Waals surface area contributed by atoms with Crippen LogP contribution < -0.4 is 15.3 Å². The maximum absolute atomic E-state index is 12.4. The number of β-lactam (4-membered cyclic amide) rings is 1. The molecule has 11 nitrogen and oxygen atoms in total. The summed E-state index contributed by atoms with van der Waals surface area (Å²) in [6.45, 7) is 3.70. The largest absolute Gasteiger partial charge is 0.543 e. The quantitative estimate of drug-likeness (QED) is 0.293. The highest BCUT2D eigenvalue weighted by Crippen LogP contribution is 2.52. The number of aliphatic hydroxyl groups excluding tert-OH is 3. The van der Waals surface area contributed by atoms with Crippen LogP contribution in [0.1, 0.15) is 13.8 Å². The molecule has 33 heavy (non-hydrogen) atoms. The summed E-state index contributed by atoms with van der Waals surface area (Å²) in [5.74, 6) is -3.67. The first kappa shape index (κ1) is 24.0. The Labute approximate surface area is 198 Å². The lowest BCUT2D eigenvalue weighted by molar-refractivity contribution is -0.301. The Balaban J connectivity index is 1.38. The standard InChI is InChI=1S/C20H26N4O7S2/c1-8-14-13(9(2)27)18(29)24(14)15(19(30)31)16(8)33-11-3-23(4-11)20-22-12(7-32-20)21-17(28)10(5-25)6-26/h7-11,13-14,25-27H,3-6H2,1-2H3,(H,21,28)(H,30,31)/p-1/t8-,9-,13-,14-/m1/s1. The number of carboxylic acids is 1. The van der Waals surface area contributed by atoms with Crippen LogP contribution in [0, 0.1) is 17.8 Å². The van der Waals surface area contributed by atoms with E-state index in [0.717, 1.165) is 0 Å². The Bertz CT molecular complexity index is 987. The fraction of sp³-hybridized carbons (Fsp3) is 0.600. The minimum atomic E-state index is -1.38. The average Bonchev–Trinajstić information content (AvgIpc) is 3.26. The first-order valence-electron chi connectivity index (χ1n) is 10.5. The van der Waals surface area contributed by atoms with Crippen LogP contribution in [-0.4, -0.2) is 86.7 Å². The molecule has 0 radical (unpaired) electrons. The maximum Gasteiger partial charge on any atom is 0.235 e. The van der Waals surface area contributed by atoms with Gasteiger partial charge in [-0.3, -0.25) is 9.59 Å². The fourth-order valence-electron chi connectivity index (χ4n) is 4.44. The van der Waals surface area contributed by atoms with Gasteiger partial charge in [-0.15, -0.1) is 23.1 Å². The van der Waals surface area contributed by atoms with Gasteiger partial charge in [-0.05, 0) is 6.92 Å². The van der Waals surface area contributed by atoms with Crippen molar-refractivity contribution in [2.75, 3.05) is 36.5 Å². The predicted molar refractivity (Wildman–Crippen MR) is 119 cm³/mol. The molecular weight excluding hydrogens is 472 g/mol. The number of amides is 2. The van der Waals surface area contributed by atoms with Crippen molar-refractivity contribution in [1.29, 1.82) is 0 Å². The predicted octanol–water partition coefficient (Wildman–Crippen LogP) is -1.58. The van der Waals surface area contributed by atoms with Crippen molar-refractivity contribution in [3.63, 3.8) is 0 Å². The number of hydrogen-bond acceptors (Lipinski definition) is 11. The third kappa shape index (κ3) is 4.12. The molecule has 3 aliphatic rings. The Kier molecular flexibility index (Phi) is 6.69. The van der Waals surface area contributed by atoms with Gasteiger partial charge in [0.25, 0.3) is 0 Å². The van der Waals surface area contributed by atoms with E-state index in [-0.39, 0.29) is 28.8 Å². The summed E-state index contributed by atoms with van der Waals surface area (Å²) in [6.07, 6.45) is -0.850. The molecule has 0 aromatic carbocycles. The molecule has 4 N–H and O–H groups in total. The molecule has 180 valence electrons. The molecule has 3 aliphatic heterocycles. The lowest BCUT2D eigenvalue weighted by atomic mass is 9.79. The third-order valence-electron chi connectivity index (χ3n) is 6.27. The van der Waals surface area contributed by atoms with Crippen LogP contribution in [0.3, 0.4) is 0 Å². The number of aliphatic hydroxyl groups is 3. The van der Waals surface area contributed by atoms with Crippen LogP contribution in [0.15, 0.2) is 16.0 Å². The summed E-state index contributed by atoms with van der Waals surface area (Å²) in [7, 11) is 0. The summed E-state index contributed by atoms with van der Waals surface area (Å²) < 4.78 is 0. The number of carbonyl (C=O) groups is 3. The molecule has 4 atom stereocenters. The zero-order valence-corrected chi connectivity index (χ0v) is 19.6. The summed E-state index contributed by atoms with van der Waals surface area (Å²) in [6, 6.07) is -0.365. The molecule has 0 spiro atoms. The van der Waals surface area contributed by atoms with Crippen molar-refractivity contribution in [2.45, 2.75) is 31.2 Å². The van der Waals surface area contributed by atoms with Gasteiger partial charge in [-0.25, -0.2) is 4.98 Å². The van der Waals surface area contributed by atoms with E-state index in [1.165, 1.54) is 28.0 Å². The molecule has 2 saturated heterocycles. The monoisotopic (exact) mass is 497 g/mol. The van der Waals surface area contributed by atoms with Gasteiger partial charge in [0.05, 0.1) is 48.9 Å². The molecule has 4 rings (SSSR count). The lowest BCUT2D eigenvalue weighted by Crippen LogP contribution is -2.64. The van der Waals surface area contributed by atoms with Crippen molar-refractivity contribution in [1.82, 2.24) is 9.88 Å². The van der Waals surface area contributed by atoms with Crippen LogP contribution in [0.5, 0.6) is 0 Å². The molecule has 0 saturated carbocycles. The number of rotatable bonds is 9. The second-order valence-electron chi connectivity index (χ2n) is 8.47. The molecule has 2 fully saturated rings. The molecule has 1 aromatic rings. The van der Waals surface area contributed by atoms with Crippen LogP contribution in [0.4, 0.5) is 10.9 Å². The first-order valence-corrected chi connectivity index (χ1v) is 12.3. The van der Waals surface area contributed by atoms with Crippen LogP contribution in [0.2, 0.25) is 0 Å². The van der Waals surface area contributed by atoms with E-state index < -0.39 is 43.0 Å². The van der Waals surface area contributed by atoms with Gasteiger partial charge in [0.1, 0.15) is 5.82 Å². The minimum Gasteiger partial charge on any atom is -0.543 e. The van der Waals surface area contributed by atoms with Crippen LogP contribution in [0.25, 0.3) is 0 Å². The Morgan fingerprint density at radius 2 is 2.03 bits per heavy atom. The Hall–Kier alpha value is -2.19. The van der Waals surface area contributed by atoms with Crippen LogP contribution in [-0.2, 0) is 14.4 Å². The zero-order chi connectivity index (χ0) is 24.0. The number of carbonyl (C=O) groups excluding carboxylic acids is 3. The van der Waals surface area contributed by atoms with Crippen molar-refractivity contribution >= 4 is 51.8 Å². The highest BCUT2D eigenvalue weighted by molar-refractivity contribution is 8.03. The highest BCUT2D eigenvalue weighted by atomic mass is 32.2. The fourth-order valence-corrected chi connectivity index (χ4v) is 6.73. The van der Waals surface area contributed by atoms with E-state index in [1.807, 2.05) is 11.8 Å². The maximum atomic E-state index is 12.4. The third-order valence-corrected chi connectivity index (χ3v) is 8.62. The number of aliphatic carboxylic acids is 1. The molecular formula is C20H25N4O7S2-. The molecule has 2 amide bonds. The number of nitrogens with one attached hydrogen (secondary N) is 1. The number of nitrogens with zero attached hydrogens (tertiary/aromatic N) is 3. The normalized spacial score (nSPS) is 25.8. The lowest BCUT2D eigenvalue weighted by Gasteiger charge is -2.47. The second kappa shape index (κ2) is 9.22. The van der Waals surface area contributed by atoms with Gasteiger partial charge in [0.15, 0.2) is 5.13 Å². The minimum absolute atomic E-state index is 0.0839. The van der Waals surface area contributed by atoms with Crippen molar-refractivity contribution < 1.29 is 34.8 Å². The Morgan fingerprint density at radius 3 is 2.61 bits per heavy atom. The van der Waals surface area contributed by atoms with E-state index in [0.29, 0.717) is 28.9 Å². The van der Waals surface area contributed by atoms with Gasteiger partial charge in [-0.2, -0.15) is 0 Å². The number of carboxylic acid groups (broad SMARTS) is 1. The Morgan fingerprint density at radius 1 is 1.36 bits per heavy atom. The summed E-state index contributed by atoms with van der Waals surface area (Å²) in [5, 5.41) is 44.9. The van der Waals surface area contributed by atoms with Gasteiger partial charge < -0.3 is 40.3 Å². The highest BCUT2D eigenvalue weighted by Gasteiger charge is 2.59. The van der Waals surface area contributed by atoms with E-state index in [1.54, 1.807) is 12.3 Å². The molecule has 1 aromatic heterocycles. The zero-order valence-electron chi connectivity index (χ0n) is 18.0. The second-order valence-corrected chi connectivity index (χ2v) is 10.6. The SMILES string of the molecule is C[C@@H](O)[C@H]1C(=O)N2C(C(=O)[O-])=C(SC3CN(c4nc(NC(=O)C(CO)CO)cs4)C3)[C@H](C)[C@H]12. The van der Waals surface area contributed by atoms with Gasteiger partial charge in [-0.1, -0.05) is 6.92 Å². The van der Waals surface area contributed by atoms with E-state index >= 15 is 0 Å². The number of thioether (sulfide) groups is 1. The van der Waals surface area contributed by atoms with E-state index in [2.05, 4.69) is 10.3 Å². The molecule has 0 aliphatic carbocycles. The van der Waals surface area contributed by atoms with Crippen molar-refractivity contribution in [2.24, 2.45) is 17.8 Å². The van der Waals surface area contributed by atoms with Crippen molar-refractivity contribution in [3.8, 4) is 0 Å². The molecule has 0 unspecified atom stereocenters. The summed E-state index contributed by atoms with van der Waals surface area (Å²) >= 11 is 2.76. The smallest absolute Gasteiger partial charge is 0.235 e. The van der Waals surface area contributed by atoms with Crippen molar-refractivity contribution in [3.05, 3.63) is 16.0 Å². The first-order chi connectivity index (χ1) is 15.7. The number of anilines is 2. The van der Waals surface area contributed by atoms with E-state index in [4.69, 9.17) is 10.2 Å². The van der Waals surface area contributed by atoms with E-state index in [9.17, 15) is 24.6 Å². The van der Waals surface area contributed by atoms with Gasteiger partial charge in [0, 0.05) is 34.5 Å². The van der Waals surface area contributed by atoms with Gasteiger partial charge >= 0.3 is 0 Å². The topological polar surface area (TPSA) is 166 Å². The number of thiazole rings is 1. The number of aromatic nitrogens is 1. The summed E-state index contributed by atoms with van der Waals surface area (Å²) in [5.41, 5.74) is -0.0839. The summed E-state index contributed by atoms with van der Waals surface area (Å²) in [4.78, 5) is 44.4.